The highest BCUT2D eigenvalue weighted by molar-refractivity contribution is 6.07. The lowest BCUT2D eigenvalue weighted by molar-refractivity contribution is 0.0984. The van der Waals surface area contributed by atoms with Crippen LogP contribution in [0.1, 0.15) is 27.6 Å². The first kappa shape index (κ1) is 15.7. The Morgan fingerprint density at radius 1 is 1.08 bits per heavy atom. The van der Waals surface area contributed by atoms with Crippen LogP contribution in [0.5, 0.6) is 0 Å². The van der Waals surface area contributed by atoms with Crippen LogP contribution in [0, 0.1) is 0 Å². The van der Waals surface area contributed by atoms with E-state index in [1.807, 2.05) is 0 Å². The van der Waals surface area contributed by atoms with Gasteiger partial charge in [-0.25, -0.2) is 9.48 Å². The Morgan fingerprint density at radius 3 is 2.38 bits per heavy atom. The highest BCUT2D eigenvalue weighted by Gasteiger charge is 2.28. The number of hydrogen-bond acceptors (Lipinski definition) is 4. The van der Waals surface area contributed by atoms with Gasteiger partial charge >= 0.3 is 6.03 Å². The van der Waals surface area contributed by atoms with Crippen molar-refractivity contribution < 1.29 is 14.4 Å². The Bertz CT molecular complexity index is 810. The number of anilines is 2. The van der Waals surface area contributed by atoms with Crippen LogP contribution in [0.15, 0.2) is 30.3 Å². The molecule has 0 unspecified atom stereocenters. The number of carbonyl (C=O) groups excluding carboxylic acids is 3. The highest BCUT2D eigenvalue weighted by atomic mass is 16.2. The summed E-state index contributed by atoms with van der Waals surface area (Å²) in [5.74, 6) is 0.796. The van der Waals surface area contributed by atoms with Gasteiger partial charge in [0, 0.05) is 30.8 Å². The van der Waals surface area contributed by atoms with Crippen molar-refractivity contribution in [3.8, 4) is 0 Å². The summed E-state index contributed by atoms with van der Waals surface area (Å²) < 4.78 is 1.67. The number of rotatable bonds is 3. The molecule has 8 nitrogen and oxygen atoms in total. The zero-order valence-electron chi connectivity index (χ0n) is 13.4. The van der Waals surface area contributed by atoms with Crippen LogP contribution in [-0.2, 0) is 6.54 Å². The largest absolute Gasteiger partial charge is 0.341 e. The minimum absolute atomic E-state index is 0.0434. The van der Waals surface area contributed by atoms with Crippen molar-refractivity contribution in [2.24, 2.45) is 0 Å². The molecule has 3 amide bonds. The van der Waals surface area contributed by atoms with E-state index in [9.17, 15) is 14.4 Å². The van der Waals surface area contributed by atoms with Gasteiger partial charge in [-0.2, -0.15) is 5.10 Å². The SMILES string of the molecule is CNC(=O)Nc1cc2n(n1)CCN2C(=O)c1ccc(C(C)=O)cc1. The van der Waals surface area contributed by atoms with Gasteiger partial charge in [0.2, 0.25) is 0 Å². The summed E-state index contributed by atoms with van der Waals surface area (Å²) in [6, 6.07) is 7.85. The maximum absolute atomic E-state index is 12.7. The predicted molar refractivity (Wildman–Crippen MR) is 88.4 cm³/mol. The molecule has 0 fully saturated rings. The smallest absolute Gasteiger partial charge is 0.320 e. The molecule has 3 rings (SSSR count). The number of nitrogens with one attached hydrogen (secondary N) is 2. The lowest BCUT2D eigenvalue weighted by atomic mass is 10.1. The number of hydrogen-bond donors (Lipinski definition) is 2. The van der Waals surface area contributed by atoms with Gasteiger partial charge < -0.3 is 5.32 Å². The van der Waals surface area contributed by atoms with Crippen LogP contribution in [-0.4, -0.2) is 41.1 Å². The van der Waals surface area contributed by atoms with Gasteiger partial charge in [0.1, 0.15) is 5.82 Å². The Kier molecular flexibility index (Phi) is 4.03. The second-order valence-electron chi connectivity index (χ2n) is 5.41. The van der Waals surface area contributed by atoms with Crippen molar-refractivity contribution in [2.45, 2.75) is 13.5 Å². The summed E-state index contributed by atoms with van der Waals surface area (Å²) in [7, 11) is 1.51. The molecule has 2 heterocycles. The molecule has 8 heteroatoms. The van der Waals surface area contributed by atoms with Crippen molar-refractivity contribution >= 4 is 29.4 Å². The number of nitrogens with zero attached hydrogens (tertiary/aromatic N) is 3. The zero-order valence-corrected chi connectivity index (χ0v) is 13.4. The van der Waals surface area contributed by atoms with Crippen molar-refractivity contribution in [3.63, 3.8) is 0 Å². The lowest BCUT2D eigenvalue weighted by Gasteiger charge is -2.14. The van der Waals surface area contributed by atoms with Crippen LogP contribution >= 0.6 is 0 Å². The summed E-state index contributed by atoms with van der Waals surface area (Å²) in [5, 5.41) is 9.28. The van der Waals surface area contributed by atoms with E-state index in [4.69, 9.17) is 0 Å². The fourth-order valence-electron chi connectivity index (χ4n) is 2.55. The number of amides is 3. The standard InChI is InChI=1S/C16H17N5O3/c1-10(22)11-3-5-12(6-4-11)15(23)20-7-8-21-14(20)9-13(19-21)18-16(24)17-2/h3-6,9H,7-8H2,1-2H3,(H2,17,18,19,24). The van der Waals surface area contributed by atoms with E-state index in [2.05, 4.69) is 15.7 Å². The number of ketones is 1. The third kappa shape index (κ3) is 2.85. The van der Waals surface area contributed by atoms with Gasteiger partial charge in [-0.3, -0.25) is 19.8 Å². The Hall–Kier alpha value is -3.16. The number of benzene rings is 1. The summed E-state index contributed by atoms with van der Waals surface area (Å²) in [6.07, 6.45) is 0. The van der Waals surface area contributed by atoms with Gasteiger partial charge in [-0.1, -0.05) is 12.1 Å². The van der Waals surface area contributed by atoms with E-state index in [-0.39, 0.29) is 17.7 Å². The van der Waals surface area contributed by atoms with Crippen LogP contribution in [0.4, 0.5) is 16.4 Å². The third-order valence-electron chi connectivity index (χ3n) is 3.82. The summed E-state index contributed by atoms with van der Waals surface area (Å²) in [5.41, 5.74) is 1.06. The quantitative estimate of drug-likeness (QED) is 0.835. The molecule has 0 bridgehead atoms. The number of carbonyl (C=O) groups is 3. The second-order valence-corrected chi connectivity index (χ2v) is 5.41. The Morgan fingerprint density at radius 2 is 1.75 bits per heavy atom. The first-order valence-corrected chi connectivity index (χ1v) is 7.49. The monoisotopic (exact) mass is 327 g/mol. The van der Waals surface area contributed by atoms with Gasteiger partial charge in [-0.05, 0) is 19.1 Å². The van der Waals surface area contributed by atoms with Gasteiger partial charge in [-0.15, -0.1) is 0 Å². The average Bonchev–Trinajstić information content (AvgIpc) is 3.14. The summed E-state index contributed by atoms with van der Waals surface area (Å²) in [4.78, 5) is 36.9. The minimum atomic E-state index is -0.371. The molecule has 0 saturated carbocycles. The fraction of sp³-hybridized carbons (Fsp3) is 0.250. The van der Waals surface area contributed by atoms with Crippen molar-refractivity contribution in [2.75, 3.05) is 23.8 Å². The van der Waals surface area contributed by atoms with E-state index >= 15 is 0 Å². The molecule has 2 N–H and O–H groups in total. The van der Waals surface area contributed by atoms with E-state index < -0.39 is 0 Å². The number of fused-ring (bicyclic) bond motifs is 1. The van der Waals surface area contributed by atoms with Crippen LogP contribution in [0.25, 0.3) is 0 Å². The Labute approximate surface area is 138 Å². The van der Waals surface area contributed by atoms with E-state index in [1.165, 1.54) is 14.0 Å². The van der Waals surface area contributed by atoms with Gasteiger partial charge in [0.15, 0.2) is 11.6 Å². The van der Waals surface area contributed by atoms with Crippen molar-refractivity contribution in [3.05, 3.63) is 41.5 Å². The molecule has 0 aliphatic carbocycles. The van der Waals surface area contributed by atoms with Crippen LogP contribution in [0.3, 0.4) is 0 Å². The zero-order chi connectivity index (χ0) is 17.3. The molecule has 124 valence electrons. The summed E-state index contributed by atoms with van der Waals surface area (Å²) >= 11 is 0. The number of urea groups is 1. The molecular weight excluding hydrogens is 310 g/mol. The van der Waals surface area contributed by atoms with E-state index in [1.54, 1.807) is 39.9 Å². The third-order valence-corrected chi connectivity index (χ3v) is 3.82. The second kappa shape index (κ2) is 6.15. The Balaban J connectivity index is 1.81. The fourth-order valence-corrected chi connectivity index (χ4v) is 2.55. The molecule has 0 radical (unpaired) electrons. The molecule has 1 aromatic carbocycles. The normalized spacial score (nSPS) is 12.7. The summed E-state index contributed by atoms with van der Waals surface area (Å²) in [6.45, 7) is 2.55. The van der Waals surface area contributed by atoms with Crippen molar-refractivity contribution in [1.82, 2.24) is 15.1 Å². The van der Waals surface area contributed by atoms with E-state index in [0.717, 1.165) is 0 Å². The topological polar surface area (TPSA) is 96.3 Å². The predicted octanol–water partition coefficient (Wildman–Crippen LogP) is 1.50. The number of aromatic nitrogens is 2. The van der Waals surface area contributed by atoms with E-state index in [0.29, 0.717) is 35.9 Å². The molecule has 1 aliphatic heterocycles. The number of Topliss-reactive ketones (excluding diaryl/α,β-unsaturated/α-hetero) is 1. The molecular formula is C16H17N5O3. The van der Waals surface area contributed by atoms with Crippen LogP contribution in [0.2, 0.25) is 0 Å². The molecule has 1 aliphatic rings. The maximum atomic E-state index is 12.7. The molecule has 2 aromatic rings. The van der Waals surface area contributed by atoms with Gasteiger partial charge in [0.25, 0.3) is 5.91 Å². The lowest BCUT2D eigenvalue weighted by Crippen LogP contribution is -2.29. The van der Waals surface area contributed by atoms with Gasteiger partial charge in [0.05, 0.1) is 6.54 Å². The molecule has 24 heavy (non-hydrogen) atoms. The first-order chi connectivity index (χ1) is 11.5. The first-order valence-electron chi connectivity index (χ1n) is 7.49. The molecule has 0 atom stereocenters. The minimum Gasteiger partial charge on any atom is -0.341 e. The molecule has 1 aromatic heterocycles. The maximum Gasteiger partial charge on any atom is 0.320 e. The highest BCUT2D eigenvalue weighted by Crippen LogP contribution is 2.26. The molecule has 0 saturated heterocycles. The van der Waals surface area contributed by atoms with Crippen molar-refractivity contribution in [1.29, 1.82) is 0 Å². The molecule has 0 spiro atoms. The average molecular weight is 327 g/mol. The van der Waals surface area contributed by atoms with Crippen LogP contribution < -0.4 is 15.5 Å².